The van der Waals surface area contributed by atoms with E-state index in [1.165, 1.54) is 12.1 Å². The van der Waals surface area contributed by atoms with Crippen LogP contribution < -0.4 is 16.0 Å². The van der Waals surface area contributed by atoms with Gasteiger partial charge >= 0.3 is 0 Å². The molecule has 3 N–H and O–H groups in total. The van der Waals surface area contributed by atoms with Crippen molar-refractivity contribution in [2.24, 2.45) is 11.3 Å². The third-order valence-electron chi connectivity index (χ3n) is 8.94. The van der Waals surface area contributed by atoms with Crippen molar-refractivity contribution in [1.82, 2.24) is 15.5 Å². The van der Waals surface area contributed by atoms with Gasteiger partial charge in [-0.3, -0.25) is 19.3 Å². The Morgan fingerprint density at radius 3 is 2.67 bits per heavy atom. The lowest BCUT2D eigenvalue weighted by atomic mass is 9.75. The highest BCUT2D eigenvalue weighted by Crippen LogP contribution is 2.36. The van der Waals surface area contributed by atoms with Crippen molar-refractivity contribution >= 4 is 23.4 Å². The second kappa shape index (κ2) is 13.6. The van der Waals surface area contributed by atoms with Crippen LogP contribution in [0.5, 0.6) is 0 Å². The zero-order valence-electron chi connectivity index (χ0n) is 24.2. The van der Waals surface area contributed by atoms with Crippen LogP contribution in [0.15, 0.2) is 60.7 Å². The molecule has 2 aromatic carbocycles. The summed E-state index contributed by atoms with van der Waals surface area (Å²) in [6.45, 7) is 4.34. The highest BCUT2D eigenvalue weighted by molar-refractivity contribution is 5.93. The lowest BCUT2D eigenvalue weighted by Gasteiger charge is -2.40. The fourth-order valence-electron chi connectivity index (χ4n) is 6.32. The van der Waals surface area contributed by atoms with Crippen molar-refractivity contribution in [3.8, 4) is 0 Å². The Labute approximate surface area is 247 Å². The average Bonchev–Trinajstić information content (AvgIpc) is 2.98. The molecule has 0 aromatic heterocycles. The number of allylic oxidation sites excluding steroid dienone is 2. The summed E-state index contributed by atoms with van der Waals surface area (Å²) in [5.41, 5.74) is 1.66. The molecule has 2 saturated heterocycles. The van der Waals surface area contributed by atoms with Crippen LogP contribution in [0.25, 0.3) is 0 Å². The van der Waals surface area contributed by atoms with E-state index in [1.54, 1.807) is 6.07 Å². The molecule has 0 saturated carbocycles. The first-order valence-corrected chi connectivity index (χ1v) is 15.0. The standard InChI is InChI=1S/C33H41FN4O4/c1-23-10-11-26(34)20-28(23)35-30(39)22-38-16-12-27-25(21-38)9-5-6-13-33(14-17-42-18-15-33)32(41)37-29(31(40)36-27)19-24-7-3-2-4-8-24/h2-8,10-11,20,25,27,29H,9,12-19,21-22H2,1H3,(H,35,39)(H,36,40)(H,37,41)/b6-5+/t25-,27+,29-/m1/s1. The molecule has 42 heavy (non-hydrogen) atoms. The topological polar surface area (TPSA) is 99.8 Å². The number of halogens is 1. The minimum Gasteiger partial charge on any atom is -0.381 e. The summed E-state index contributed by atoms with van der Waals surface area (Å²) in [6.07, 6.45) is 7.87. The minimum absolute atomic E-state index is 0.0847. The van der Waals surface area contributed by atoms with Crippen molar-refractivity contribution in [2.45, 2.75) is 57.5 Å². The molecule has 8 nitrogen and oxygen atoms in total. The van der Waals surface area contributed by atoms with Crippen molar-refractivity contribution in [1.29, 1.82) is 0 Å². The van der Waals surface area contributed by atoms with Gasteiger partial charge in [-0.2, -0.15) is 0 Å². The van der Waals surface area contributed by atoms with Gasteiger partial charge in [-0.15, -0.1) is 0 Å². The lowest BCUT2D eigenvalue weighted by molar-refractivity contribution is -0.140. The number of nitrogens with zero attached hydrogens (tertiary/aromatic N) is 1. The molecule has 1 spiro atoms. The summed E-state index contributed by atoms with van der Waals surface area (Å²) in [5, 5.41) is 9.24. The van der Waals surface area contributed by atoms with E-state index in [4.69, 9.17) is 4.74 Å². The number of anilines is 1. The molecule has 0 unspecified atom stereocenters. The summed E-state index contributed by atoms with van der Waals surface area (Å²) in [6, 6.07) is 13.3. The SMILES string of the molecule is Cc1ccc(F)cc1NC(=O)CN1CC[C@@H]2NC(=O)[C@@H](Cc3ccccc3)NC(=O)C3(C/C=C/C[C@@H]2C1)CCOCC3. The number of ether oxygens (including phenoxy) is 1. The number of amides is 3. The number of carbonyl (C=O) groups is 3. The molecule has 3 aliphatic heterocycles. The molecule has 0 radical (unpaired) electrons. The maximum atomic E-state index is 13.8. The molecule has 3 aliphatic rings. The first-order valence-electron chi connectivity index (χ1n) is 15.0. The molecule has 3 amide bonds. The van der Waals surface area contributed by atoms with Gasteiger partial charge in [0.15, 0.2) is 0 Å². The molecule has 2 fully saturated rings. The van der Waals surface area contributed by atoms with Gasteiger partial charge in [-0.05, 0) is 68.2 Å². The Balaban J connectivity index is 1.31. The smallest absolute Gasteiger partial charge is 0.243 e. The fraction of sp³-hybridized carbons (Fsp3) is 0.485. The second-order valence-electron chi connectivity index (χ2n) is 11.9. The molecule has 3 heterocycles. The number of carbonyl (C=O) groups excluding carboxylic acids is 3. The zero-order chi connectivity index (χ0) is 29.5. The lowest BCUT2D eigenvalue weighted by Crippen LogP contribution is -2.58. The molecule has 0 bridgehead atoms. The van der Waals surface area contributed by atoms with Gasteiger partial charge in [0.2, 0.25) is 17.7 Å². The summed E-state index contributed by atoms with van der Waals surface area (Å²) in [5.74, 6) is -0.751. The summed E-state index contributed by atoms with van der Waals surface area (Å²) >= 11 is 0. The summed E-state index contributed by atoms with van der Waals surface area (Å²) in [4.78, 5) is 42.4. The Hall–Kier alpha value is -3.56. The van der Waals surface area contributed by atoms with Crippen LogP contribution in [-0.4, -0.2) is 67.6 Å². The molecular weight excluding hydrogens is 535 g/mol. The van der Waals surface area contributed by atoms with E-state index in [2.05, 4.69) is 33.0 Å². The zero-order valence-corrected chi connectivity index (χ0v) is 24.2. The highest BCUT2D eigenvalue weighted by Gasteiger charge is 2.41. The maximum absolute atomic E-state index is 13.8. The van der Waals surface area contributed by atoms with E-state index in [-0.39, 0.29) is 36.2 Å². The Bertz CT molecular complexity index is 1290. The van der Waals surface area contributed by atoms with Crippen LogP contribution in [0.2, 0.25) is 0 Å². The number of hydrogen-bond donors (Lipinski definition) is 3. The van der Waals surface area contributed by atoms with Gasteiger partial charge in [0.1, 0.15) is 11.9 Å². The van der Waals surface area contributed by atoms with Gasteiger partial charge in [0.25, 0.3) is 0 Å². The number of aryl methyl sites for hydroxylation is 1. The quantitative estimate of drug-likeness (QED) is 0.471. The molecule has 3 atom stereocenters. The number of rotatable bonds is 5. The first kappa shape index (κ1) is 29.9. The third kappa shape index (κ3) is 7.44. The fourth-order valence-corrected chi connectivity index (χ4v) is 6.32. The van der Waals surface area contributed by atoms with Crippen molar-refractivity contribution in [3.63, 3.8) is 0 Å². The van der Waals surface area contributed by atoms with Crippen LogP contribution in [-0.2, 0) is 25.5 Å². The van der Waals surface area contributed by atoms with E-state index in [1.807, 2.05) is 37.3 Å². The van der Waals surface area contributed by atoms with Crippen LogP contribution in [0, 0.1) is 24.1 Å². The van der Waals surface area contributed by atoms with Crippen molar-refractivity contribution in [3.05, 3.63) is 77.6 Å². The van der Waals surface area contributed by atoms with Gasteiger partial charge < -0.3 is 20.7 Å². The molecule has 5 rings (SSSR count). The van der Waals surface area contributed by atoms with Crippen LogP contribution in [0.1, 0.15) is 43.2 Å². The number of hydrogen-bond acceptors (Lipinski definition) is 5. The van der Waals surface area contributed by atoms with Gasteiger partial charge in [-0.25, -0.2) is 4.39 Å². The molecule has 0 aliphatic carbocycles. The van der Waals surface area contributed by atoms with Gasteiger partial charge in [0.05, 0.1) is 12.0 Å². The van der Waals surface area contributed by atoms with Crippen LogP contribution >= 0.6 is 0 Å². The van der Waals surface area contributed by atoms with Gasteiger partial charge in [0, 0.05) is 44.5 Å². The third-order valence-corrected chi connectivity index (χ3v) is 8.94. The minimum atomic E-state index is -0.693. The molecule has 2 aromatic rings. The number of fused-ring (bicyclic) bond motifs is 1. The number of piperidine rings is 1. The van der Waals surface area contributed by atoms with Crippen molar-refractivity contribution in [2.75, 3.05) is 38.2 Å². The van der Waals surface area contributed by atoms with Crippen LogP contribution in [0.4, 0.5) is 10.1 Å². The van der Waals surface area contributed by atoms with E-state index in [0.29, 0.717) is 64.1 Å². The van der Waals surface area contributed by atoms with E-state index >= 15 is 0 Å². The summed E-state index contributed by atoms with van der Waals surface area (Å²) < 4.78 is 19.3. The van der Waals surface area contributed by atoms with Crippen LogP contribution in [0.3, 0.4) is 0 Å². The number of benzene rings is 2. The monoisotopic (exact) mass is 576 g/mol. The Morgan fingerprint density at radius 2 is 1.88 bits per heavy atom. The largest absolute Gasteiger partial charge is 0.381 e. The second-order valence-corrected chi connectivity index (χ2v) is 11.9. The predicted octanol–water partition coefficient (Wildman–Crippen LogP) is 3.75. The van der Waals surface area contributed by atoms with Gasteiger partial charge in [-0.1, -0.05) is 48.6 Å². The Kier molecular flexibility index (Phi) is 9.69. The molecule has 9 heteroatoms. The van der Waals surface area contributed by atoms with Crippen molar-refractivity contribution < 1.29 is 23.5 Å². The normalized spacial score (nSPS) is 25.7. The maximum Gasteiger partial charge on any atom is 0.243 e. The summed E-state index contributed by atoms with van der Waals surface area (Å²) in [7, 11) is 0. The van der Waals surface area contributed by atoms with E-state index in [9.17, 15) is 18.8 Å². The van der Waals surface area contributed by atoms with E-state index in [0.717, 1.165) is 17.5 Å². The number of likely N-dealkylation sites (tertiary alicyclic amines) is 1. The molecular formula is C33H41FN4O4. The Morgan fingerprint density at radius 1 is 1.10 bits per heavy atom. The number of nitrogens with one attached hydrogen (secondary N) is 3. The predicted molar refractivity (Wildman–Crippen MR) is 159 cm³/mol. The first-order chi connectivity index (χ1) is 20.3. The van der Waals surface area contributed by atoms with E-state index < -0.39 is 17.3 Å². The average molecular weight is 577 g/mol. The molecule has 224 valence electrons. The highest BCUT2D eigenvalue weighted by atomic mass is 19.1.